The molecule has 0 aliphatic rings. The number of hydrogen-bond acceptors (Lipinski definition) is 6. The Morgan fingerprint density at radius 2 is 1.68 bits per heavy atom. The molecule has 0 bridgehead atoms. The first-order valence-electron chi connectivity index (χ1n) is 8.72. The predicted molar refractivity (Wildman–Crippen MR) is 110 cm³/mol. The summed E-state index contributed by atoms with van der Waals surface area (Å²) in [6.45, 7) is 0. The molecule has 0 fully saturated rings. The fourth-order valence-electron chi connectivity index (χ4n) is 3.04. The minimum absolute atomic E-state index is 0.371. The molecular formula is C22H18N4O2. The second kappa shape index (κ2) is 7.36. The van der Waals surface area contributed by atoms with Crippen molar-refractivity contribution in [3.63, 3.8) is 0 Å². The van der Waals surface area contributed by atoms with Gasteiger partial charge in [-0.05, 0) is 30.3 Å². The Labute approximate surface area is 162 Å². The summed E-state index contributed by atoms with van der Waals surface area (Å²) >= 11 is 0. The van der Waals surface area contributed by atoms with Gasteiger partial charge in [0.05, 0.1) is 12.7 Å². The molecule has 0 amide bonds. The molecular weight excluding hydrogens is 352 g/mol. The normalized spacial score (nSPS) is 10.6. The van der Waals surface area contributed by atoms with Crippen molar-refractivity contribution in [3.8, 4) is 11.3 Å². The van der Waals surface area contributed by atoms with E-state index < -0.39 is 0 Å². The van der Waals surface area contributed by atoms with Crippen LogP contribution in [0.5, 0.6) is 0 Å². The standard InChI is InChI=1S/C22H18N4O2/c1-28-22(27)15-11-9-14(10-12-15)20-18-7-2-3-8-19(18)21(26-25-20)24-17-6-4-5-16(23)13-17/h2-13H,23H2,1H3,(H,24,26). The first-order chi connectivity index (χ1) is 13.7. The molecule has 0 radical (unpaired) electrons. The predicted octanol–water partition coefficient (Wildman–Crippen LogP) is 4.41. The molecule has 6 nitrogen and oxygen atoms in total. The number of nitrogens with two attached hydrogens (primary N) is 1. The molecule has 1 heterocycles. The van der Waals surface area contributed by atoms with Gasteiger partial charge in [0.2, 0.25) is 0 Å². The fourth-order valence-corrected chi connectivity index (χ4v) is 3.04. The smallest absolute Gasteiger partial charge is 0.337 e. The van der Waals surface area contributed by atoms with Gasteiger partial charge >= 0.3 is 5.97 Å². The maximum absolute atomic E-state index is 11.6. The minimum Gasteiger partial charge on any atom is -0.465 e. The Morgan fingerprint density at radius 3 is 2.39 bits per heavy atom. The lowest BCUT2D eigenvalue weighted by molar-refractivity contribution is 0.0601. The van der Waals surface area contributed by atoms with E-state index in [1.165, 1.54) is 7.11 Å². The summed E-state index contributed by atoms with van der Waals surface area (Å²) in [5, 5.41) is 14.0. The van der Waals surface area contributed by atoms with E-state index in [0.29, 0.717) is 17.1 Å². The van der Waals surface area contributed by atoms with Gasteiger partial charge in [0, 0.05) is 27.7 Å². The van der Waals surface area contributed by atoms with Crippen molar-refractivity contribution in [1.29, 1.82) is 0 Å². The van der Waals surface area contributed by atoms with Crippen LogP contribution in [0.3, 0.4) is 0 Å². The van der Waals surface area contributed by atoms with Crippen molar-refractivity contribution < 1.29 is 9.53 Å². The number of carbonyl (C=O) groups excluding carboxylic acids is 1. The molecule has 0 aliphatic heterocycles. The quantitative estimate of drug-likeness (QED) is 0.408. The third-order valence-corrected chi connectivity index (χ3v) is 4.42. The summed E-state index contributed by atoms with van der Waals surface area (Å²) in [6, 6.07) is 22.5. The zero-order chi connectivity index (χ0) is 19.5. The van der Waals surface area contributed by atoms with E-state index in [2.05, 4.69) is 15.5 Å². The van der Waals surface area contributed by atoms with E-state index in [-0.39, 0.29) is 5.97 Å². The third-order valence-electron chi connectivity index (χ3n) is 4.42. The number of rotatable bonds is 4. The summed E-state index contributed by atoms with van der Waals surface area (Å²) in [6.07, 6.45) is 0. The lowest BCUT2D eigenvalue weighted by Gasteiger charge is -2.12. The van der Waals surface area contributed by atoms with Gasteiger partial charge < -0.3 is 15.8 Å². The molecule has 4 rings (SSSR count). The lowest BCUT2D eigenvalue weighted by Crippen LogP contribution is -2.01. The number of anilines is 3. The van der Waals surface area contributed by atoms with Crippen molar-refractivity contribution in [2.24, 2.45) is 0 Å². The Bertz CT molecular complexity index is 1160. The average Bonchev–Trinajstić information content (AvgIpc) is 2.74. The first kappa shape index (κ1) is 17.5. The van der Waals surface area contributed by atoms with Gasteiger partial charge in [-0.15, -0.1) is 10.2 Å². The molecule has 3 aromatic carbocycles. The number of nitrogens with one attached hydrogen (secondary N) is 1. The summed E-state index contributed by atoms with van der Waals surface area (Å²) < 4.78 is 4.75. The number of carbonyl (C=O) groups is 1. The van der Waals surface area contributed by atoms with E-state index in [9.17, 15) is 4.79 Å². The second-order valence-corrected chi connectivity index (χ2v) is 6.26. The molecule has 1 aromatic heterocycles. The van der Waals surface area contributed by atoms with Gasteiger partial charge in [0.15, 0.2) is 5.82 Å². The number of ether oxygens (including phenoxy) is 1. The first-order valence-corrected chi connectivity index (χ1v) is 8.72. The maximum atomic E-state index is 11.6. The highest BCUT2D eigenvalue weighted by Crippen LogP contribution is 2.31. The Hall–Kier alpha value is -3.93. The fraction of sp³-hybridized carbons (Fsp3) is 0.0455. The molecule has 0 saturated carbocycles. The Balaban J connectivity index is 1.76. The second-order valence-electron chi connectivity index (χ2n) is 6.26. The van der Waals surface area contributed by atoms with Crippen LogP contribution >= 0.6 is 0 Å². The Morgan fingerprint density at radius 1 is 0.929 bits per heavy atom. The van der Waals surface area contributed by atoms with Crippen molar-refractivity contribution in [1.82, 2.24) is 10.2 Å². The maximum Gasteiger partial charge on any atom is 0.337 e. The van der Waals surface area contributed by atoms with Crippen LogP contribution in [-0.4, -0.2) is 23.3 Å². The van der Waals surface area contributed by atoms with Gasteiger partial charge in [0.1, 0.15) is 5.69 Å². The largest absolute Gasteiger partial charge is 0.465 e. The highest BCUT2D eigenvalue weighted by atomic mass is 16.5. The van der Waals surface area contributed by atoms with Gasteiger partial charge in [0.25, 0.3) is 0 Å². The van der Waals surface area contributed by atoms with Gasteiger partial charge in [-0.25, -0.2) is 4.79 Å². The van der Waals surface area contributed by atoms with Crippen LogP contribution < -0.4 is 11.1 Å². The third kappa shape index (κ3) is 3.35. The number of nitrogens with zero attached hydrogens (tertiary/aromatic N) is 2. The summed E-state index contributed by atoms with van der Waals surface area (Å²) in [5.41, 5.74) is 9.47. The van der Waals surface area contributed by atoms with Crippen molar-refractivity contribution in [3.05, 3.63) is 78.4 Å². The molecule has 0 saturated heterocycles. The van der Waals surface area contributed by atoms with Gasteiger partial charge in [-0.3, -0.25) is 0 Å². The molecule has 4 aromatic rings. The minimum atomic E-state index is -0.371. The van der Waals surface area contributed by atoms with Crippen LogP contribution in [0.1, 0.15) is 10.4 Å². The van der Waals surface area contributed by atoms with Crippen LogP contribution in [-0.2, 0) is 4.74 Å². The zero-order valence-electron chi connectivity index (χ0n) is 15.2. The number of fused-ring (bicyclic) bond motifs is 1. The van der Waals surface area contributed by atoms with Gasteiger partial charge in [-0.2, -0.15) is 0 Å². The van der Waals surface area contributed by atoms with E-state index in [1.807, 2.05) is 60.7 Å². The summed E-state index contributed by atoms with van der Waals surface area (Å²) in [5.74, 6) is 0.278. The number of methoxy groups -OCH3 is 1. The number of esters is 1. The number of aromatic nitrogens is 2. The van der Waals surface area contributed by atoms with Crippen LogP contribution in [0.2, 0.25) is 0 Å². The SMILES string of the molecule is COC(=O)c1ccc(-c2nnc(Nc3cccc(N)c3)c3ccccc23)cc1. The monoisotopic (exact) mass is 370 g/mol. The number of hydrogen-bond donors (Lipinski definition) is 2. The zero-order valence-corrected chi connectivity index (χ0v) is 15.2. The van der Waals surface area contributed by atoms with Gasteiger partial charge in [-0.1, -0.05) is 42.5 Å². The lowest BCUT2D eigenvalue weighted by atomic mass is 10.0. The molecule has 28 heavy (non-hydrogen) atoms. The van der Waals surface area contributed by atoms with Crippen LogP contribution in [0.15, 0.2) is 72.8 Å². The van der Waals surface area contributed by atoms with Crippen LogP contribution in [0, 0.1) is 0 Å². The molecule has 138 valence electrons. The summed E-state index contributed by atoms with van der Waals surface area (Å²) in [7, 11) is 1.36. The molecule has 3 N–H and O–H groups in total. The average molecular weight is 370 g/mol. The van der Waals surface area contributed by atoms with Crippen molar-refractivity contribution in [2.45, 2.75) is 0 Å². The van der Waals surface area contributed by atoms with E-state index in [0.717, 1.165) is 27.7 Å². The number of benzene rings is 3. The van der Waals surface area contributed by atoms with Crippen LogP contribution in [0.4, 0.5) is 17.2 Å². The molecule has 0 unspecified atom stereocenters. The topological polar surface area (TPSA) is 90.1 Å². The van der Waals surface area contributed by atoms with E-state index in [1.54, 1.807) is 12.1 Å². The molecule has 0 spiro atoms. The van der Waals surface area contributed by atoms with E-state index in [4.69, 9.17) is 10.5 Å². The molecule has 6 heteroatoms. The van der Waals surface area contributed by atoms with E-state index >= 15 is 0 Å². The molecule has 0 atom stereocenters. The molecule has 0 aliphatic carbocycles. The summed E-state index contributed by atoms with van der Waals surface area (Å²) in [4.78, 5) is 11.6. The van der Waals surface area contributed by atoms with Crippen molar-refractivity contribution in [2.75, 3.05) is 18.2 Å². The Kier molecular flexibility index (Phi) is 4.60. The highest BCUT2D eigenvalue weighted by Gasteiger charge is 2.12. The highest BCUT2D eigenvalue weighted by molar-refractivity contribution is 6.01. The number of nitrogen functional groups attached to an aromatic ring is 1. The van der Waals surface area contributed by atoms with Crippen LogP contribution in [0.25, 0.3) is 22.0 Å². The van der Waals surface area contributed by atoms with Crippen molar-refractivity contribution >= 4 is 33.9 Å².